The highest BCUT2D eigenvalue weighted by Crippen LogP contribution is 2.37. The average Bonchev–Trinajstić information content (AvgIpc) is 3.21. The minimum Gasteiger partial charge on any atom is -0.348 e. The van der Waals surface area contributed by atoms with E-state index in [0.29, 0.717) is 12.6 Å². The van der Waals surface area contributed by atoms with E-state index in [1.165, 1.54) is 17.7 Å². The molecule has 19 heavy (non-hydrogen) atoms. The summed E-state index contributed by atoms with van der Waals surface area (Å²) >= 11 is 7.89. The Kier molecular flexibility index (Phi) is 4.01. The lowest BCUT2D eigenvalue weighted by atomic mass is 10.0. The molecule has 1 atom stereocenters. The Morgan fingerprint density at radius 3 is 3.00 bits per heavy atom. The molecular formula is C14H17ClN2OS. The molecule has 1 aliphatic heterocycles. The number of fused-ring (bicyclic) bond motifs is 1. The number of rotatable bonds is 4. The second-order valence-electron chi connectivity index (χ2n) is 5.09. The zero-order valence-electron chi connectivity index (χ0n) is 10.6. The minimum atomic E-state index is 0.0784. The first-order chi connectivity index (χ1) is 9.22. The molecule has 0 bridgehead atoms. The Hall–Kier alpha value is -0.710. The van der Waals surface area contributed by atoms with Crippen LogP contribution in [-0.4, -0.2) is 24.2 Å². The predicted molar refractivity (Wildman–Crippen MR) is 78.7 cm³/mol. The summed E-state index contributed by atoms with van der Waals surface area (Å²) in [5.41, 5.74) is 1.16. The molecule has 5 heteroatoms. The summed E-state index contributed by atoms with van der Waals surface area (Å²) < 4.78 is 0. The van der Waals surface area contributed by atoms with Crippen LogP contribution < -0.4 is 10.6 Å². The summed E-state index contributed by atoms with van der Waals surface area (Å²) in [5, 5.41) is 7.08. The highest BCUT2D eigenvalue weighted by Gasteiger charge is 2.24. The molecule has 1 saturated carbocycles. The van der Waals surface area contributed by atoms with Gasteiger partial charge in [-0.2, -0.15) is 0 Å². The summed E-state index contributed by atoms with van der Waals surface area (Å²) in [6.45, 7) is 0.421. The first kappa shape index (κ1) is 13.3. The van der Waals surface area contributed by atoms with Gasteiger partial charge >= 0.3 is 0 Å². The van der Waals surface area contributed by atoms with Crippen molar-refractivity contribution in [1.82, 2.24) is 10.6 Å². The summed E-state index contributed by atoms with van der Waals surface area (Å²) in [7, 11) is 0. The number of benzene rings is 1. The van der Waals surface area contributed by atoms with Crippen LogP contribution in [0, 0.1) is 0 Å². The van der Waals surface area contributed by atoms with Crippen molar-refractivity contribution < 1.29 is 4.79 Å². The quantitative estimate of drug-likeness (QED) is 0.898. The number of nitrogens with one attached hydrogen (secondary N) is 2. The van der Waals surface area contributed by atoms with Crippen molar-refractivity contribution in [3.05, 3.63) is 28.8 Å². The minimum absolute atomic E-state index is 0.0784. The Labute approximate surface area is 122 Å². The lowest BCUT2D eigenvalue weighted by Gasteiger charge is -2.26. The van der Waals surface area contributed by atoms with Gasteiger partial charge in [0.05, 0.1) is 12.6 Å². The maximum Gasteiger partial charge on any atom is 0.234 e. The van der Waals surface area contributed by atoms with Crippen LogP contribution in [0.2, 0.25) is 5.02 Å². The average molecular weight is 297 g/mol. The fourth-order valence-electron chi connectivity index (χ4n) is 2.29. The number of carbonyl (C=O) groups excluding carboxylic acids is 1. The molecule has 1 unspecified atom stereocenters. The molecule has 1 aliphatic carbocycles. The lowest BCUT2D eigenvalue weighted by Crippen LogP contribution is -2.38. The number of halogens is 1. The molecule has 3 nitrogen and oxygen atoms in total. The van der Waals surface area contributed by atoms with Gasteiger partial charge in [-0.3, -0.25) is 4.79 Å². The van der Waals surface area contributed by atoms with E-state index < -0.39 is 0 Å². The van der Waals surface area contributed by atoms with Gasteiger partial charge in [-0.1, -0.05) is 11.6 Å². The zero-order chi connectivity index (χ0) is 13.2. The van der Waals surface area contributed by atoms with Crippen molar-refractivity contribution in [1.29, 1.82) is 0 Å². The second-order valence-corrected chi connectivity index (χ2v) is 6.67. The smallest absolute Gasteiger partial charge is 0.234 e. The zero-order valence-corrected chi connectivity index (χ0v) is 12.2. The molecule has 0 spiro atoms. The van der Waals surface area contributed by atoms with Crippen LogP contribution in [-0.2, 0) is 4.79 Å². The first-order valence-electron chi connectivity index (χ1n) is 6.67. The van der Waals surface area contributed by atoms with Gasteiger partial charge in [-0.05, 0) is 43.0 Å². The van der Waals surface area contributed by atoms with Crippen LogP contribution in [0.15, 0.2) is 23.1 Å². The van der Waals surface area contributed by atoms with E-state index in [1.807, 2.05) is 30.0 Å². The predicted octanol–water partition coefficient (Wildman–Crippen LogP) is 2.75. The van der Waals surface area contributed by atoms with E-state index in [2.05, 4.69) is 10.6 Å². The van der Waals surface area contributed by atoms with Gasteiger partial charge in [-0.25, -0.2) is 0 Å². The number of amides is 1. The molecule has 2 N–H and O–H groups in total. The highest BCUT2D eigenvalue weighted by molar-refractivity contribution is 7.99. The van der Waals surface area contributed by atoms with Crippen LogP contribution in [0.3, 0.4) is 0 Å². The van der Waals surface area contributed by atoms with Gasteiger partial charge in [-0.15, -0.1) is 11.8 Å². The van der Waals surface area contributed by atoms with Crippen LogP contribution in [0.1, 0.15) is 30.9 Å². The standard InChI is InChI=1S/C14H17ClN2OS/c15-9-1-4-13-11(7-9)12(5-6-19-13)17-14(18)8-16-10-2-3-10/h1,4,7,10,12,16H,2-3,5-6,8H2,(H,17,18). The van der Waals surface area contributed by atoms with E-state index in [1.54, 1.807) is 0 Å². The van der Waals surface area contributed by atoms with Crippen LogP contribution >= 0.6 is 23.4 Å². The van der Waals surface area contributed by atoms with Crippen molar-refractivity contribution in [3.8, 4) is 0 Å². The molecule has 102 valence electrons. The van der Waals surface area contributed by atoms with Gasteiger partial charge in [0, 0.05) is 21.7 Å². The maximum atomic E-state index is 11.9. The Balaban J connectivity index is 1.64. The third-order valence-corrected chi connectivity index (χ3v) is 4.83. The molecule has 1 fully saturated rings. The lowest BCUT2D eigenvalue weighted by molar-refractivity contribution is -0.121. The van der Waals surface area contributed by atoms with Crippen LogP contribution in [0.25, 0.3) is 0 Å². The Morgan fingerprint density at radius 2 is 2.21 bits per heavy atom. The molecule has 1 amide bonds. The van der Waals surface area contributed by atoms with Crippen LogP contribution in [0.5, 0.6) is 0 Å². The van der Waals surface area contributed by atoms with Gasteiger partial charge in [0.2, 0.25) is 5.91 Å². The van der Waals surface area contributed by atoms with E-state index >= 15 is 0 Å². The monoisotopic (exact) mass is 296 g/mol. The number of thioether (sulfide) groups is 1. The van der Waals surface area contributed by atoms with Gasteiger partial charge in [0.25, 0.3) is 0 Å². The maximum absolute atomic E-state index is 11.9. The SMILES string of the molecule is O=C(CNC1CC1)NC1CCSc2ccc(Cl)cc21. The van der Waals surface area contributed by atoms with Crippen molar-refractivity contribution in [2.24, 2.45) is 0 Å². The third-order valence-electron chi connectivity index (χ3n) is 3.48. The Bertz CT molecular complexity index is 490. The second kappa shape index (κ2) is 5.73. The van der Waals surface area contributed by atoms with Crippen molar-refractivity contribution >= 4 is 29.3 Å². The third kappa shape index (κ3) is 3.44. The van der Waals surface area contributed by atoms with E-state index in [0.717, 1.165) is 22.8 Å². The highest BCUT2D eigenvalue weighted by atomic mass is 35.5. The topological polar surface area (TPSA) is 41.1 Å². The van der Waals surface area contributed by atoms with Crippen molar-refractivity contribution in [2.45, 2.75) is 36.2 Å². The molecule has 0 saturated heterocycles. The molecule has 1 aromatic rings. The normalized spacial score (nSPS) is 21.8. The van der Waals surface area contributed by atoms with E-state index in [-0.39, 0.29) is 11.9 Å². The summed E-state index contributed by atoms with van der Waals surface area (Å²) in [5.74, 6) is 1.12. The number of hydrogen-bond donors (Lipinski definition) is 2. The van der Waals surface area contributed by atoms with E-state index in [9.17, 15) is 4.79 Å². The van der Waals surface area contributed by atoms with Crippen molar-refractivity contribution in [2.75, 3.05) is 12.3 Å². The van der Waals surface area contributed by atoms with E-state index in [4.69, 9.17) is 11.6 Å². The fourth-order valence-corrected chi connectivity index (χ4v) is 3.57. The van der Waals surface area contributed by atoms with Crippen LogP contribution in [0.4, 0.5) is 0 Å². The number of carbonyl (C=O) groups is 1. The molecular weight excluding hydrogens is 280 g/mol. The largest absolute Gasteiger partial charge is 0.348 e. The molecule has 0 aromatic heterocycles. The fraction of sp³-hybridized carbons (Fsp3) is 0.500. The Morgan fingerprint density at radius 1 is 1.37 bits per heavy atom. The molecule has 0 radical (unpaired) electrons. The molecule has 3 rings (SSSR count). The molecule has 2 aliphatic rings. The summed E-state index contributed by atoms with van der Waals surface area (Å²) in [6, 6.07) is 6.59. The van der Waals surface area contributed by atoms with Gasteiger partial charge < -0.3 is 10.6 Å². The number of hydrogen-bond acceptors (Lipinski definition) is 3. The summed E-state index contributed by atoms with van der Waals surface area (Å²) in [4.78, 5) is 13.2. The van der Waals surface area contributed by atoms with Gasteiger partial charge in [0.1, 0.15) is 0 Å². The summed E-state index contributed by atoms with van der Waals surface area (Å²) in [6.07, 6.45) is 3.37. The molecule has 1 heterocycles. The molecule has 1 aromatic carbocycles. The first-order valence-corrected chi connectivity index (χ1v) is 8.04. The van der Waals surface area contributed by atoms with Gasteiger partial charge in [0.15, 0.2) is 0 Å². The van der Waals surface area contributed by atoms with Crippen molar-refractivity contribution in [3.63, 3.8) is 0 Å².